The van der Waals surface area contributed by atoms with E-state index in [2.05, 4.69) is 47.1 Å². The Kier molecular flexibility index (Phi) is 7.29. The third-order valence-electron chi connectivity index (χ3n) is 6.19. The van der Waals surface area contributed by atoms with Crippen LogP contribution in [0.25, 0.3) is 0 Å². The molecule has 0 radical (unpaired) electrons. The first-order chi connectivity index (χ1) is 16.4. The summed E-state index contributed by atoms with van der Waals surface area (Å²) in [6.45, 7) is 10.1. The summed E-state index contributed by atoms with van der Waals surface area (Å²) < 4.78 is 5.88. The smallest absolute Gasteiger partial charge is 0.257 e. The molecule has 0 saturated carbocycles. The minimum Gasteiger partial charge on any atom is -0.457 e. The quantitative estimate of drug-likeness (QED) is 0.572. The maximum atomic E-state index is 13.3. The number of nitrogens with one attached hydrogen (secondary N) is 1. The number of H-pyrrole nitrogens is 1. The summed E-state index contributed by atoms with van der Waals surface area (Å²) in [6, 6.07) is 17.3. The van der Waals surface area contributed by atoms with Gasteiger partial charge in [-0.25, -0.2) is 0 Å². The van der Waals surface area contributed by atoms with Crippen LogP contribution in [0.15, 0.2) is 48.5 Å². The van der Waals surface area contributed by atoms with Crippen LogP contribution >= 0.6 is 0 Å². The molecule has 34 heavy (non-hydrogen) atoms. The number of ether oxygens (including phenoxy) is 1. The van der Waals surface area contributed by atoms with Crippen molar-refractivity contribution < 1.29 is 9.53 Å². The first-order valence-electron chi connectivity index (χ1n) is 11.8. The Morgan fingerprint density at radius 2 is 1.74 bits per heavy atom. The highest BCUT2D eigenvalue weighted by Gasteiger charge is 2.26. The molecule has 0 aliphatic carbocycles. The van der Waals surface area contributed by atoms with E-state index in [1.54, 1.807) is 24.3 Å². The zero-order valence-corrected chi connectivity index (χ0v) is 20.0. The van der Waals surface area contributed by atoms with Crippen LogP contribution in [0.2, 0.25) is 0 Å². The van der Waals surface area contributed by atoms with E-state index >= 15 is 0 Å². The lowest BCUT2D eigenvalue weighted by Gasteiger charge is -2.23. The van der Waals surface area contributed by atoms with Crippen molar-refractivity contribution in [3.63, 3.8) is 0 Å². The Morgan fingerprint density at radius 1 is 1.06 bits per heavy atom. The number of nitriles is 1. The molecular formula is C27H31N5O2. The molecule has 7 nitrogen and oxygen atoms in total. The molecular weight excluding hydrogens is 426 g/mol. The largest absolute Gasteiger partial charge is 0.457 e. The molecule has 7 heteroatoms. The van der Waals surface area contributed by atoms with Crippen molar-refractivity contribution in [3.8, 4) is 17.6 Å². The summed E-state index contributed by atoms with van der Waals surface area (Å²) in [5.74, 6) is 1.78. The monoisotopic (exact) mass is 457 g/mol. The van der Waals surface area contributed by atoms with Crippen LogP contribution in [0.4, 0.5) is 0 Å². The summed E-state index contributed by atoms with van der Waals surface area (Å²) in [7, 11) is 0. The standard InChI is InChI=1S/C27H31N5O2/c1-19(2)26-25(20(3)29-30-26)27(33)32-14-4-13-31(15-16-32)18-22-7-11-24(12-8-22)34-23-9-5-21(17-28)6-10-23/h5-12,19H,4,13-16,18H2,1-3H3,(H,29,30). The number of carbonyl (C=O) groups is 1. The number of benzene rings is 2. The lowest BCUT2D eigenvalue weighted by molar-refractivity contribution is 0.0759. The van der Waals surface area contributed by atoms with Gasteiger partial charge in [0.05, 0.1) is 28.6 Å². The minimum absolute atomic E-state index is 0.0844. The van der Waals surface area contributed by atoms with Gasteiger partial charge in [-0.05, 0) is 61.2 Å². The zero-order valence-electron chi connectivity index (χ0n) is 20.0. The van der Waals surface area contributed by atoms with Crippen LogP contribution in [0.3, 0.4) is 0 Å². The molecule has 4 rings (SSSR count). The van der Waals surface area contributed by atoms with E-state index in [-0.39, 0.29) is 11.8 Å². The van der Waals surface area contributed by atoms with Gasteiger partial charge in [-0.1, -0.05) is 26.0 Å². The number of aryl methyl sites for hydroxylation is 1. The van der Waals surface area contributed by atoms with E-state index in [4.69, 9.17) is 10.00 Å². The number of hydrogen-bond acceptors (Lipinski definition) is 5. The molecule has 1 amide bonds. The van der Waals surface area contributed by atoms with Gasteiger partial charge in [-0.3, -0.25) is 14.8 Å². The maximum Gasteiger partial charge on any atom is 0.257 e. The Hall–Kier alpha value is -3.63. The average molecular weight is 458 g/mol. The lowest BCUT2D eigenvalue weighted by atomic mass is 10.0. The lowest BCUT2D eigenvalue weighted by Crippen LogP contribution is -2.35. The first kappa shape index (κ1) is 23.5. The number of aromatic amines is 1. The number of hydrogen-bond donors (Lipinski definition) is 1. The van der Waals surface area contributed by atoms with E-state index in [1.165, 1.54) is 5.56 Å². The van der Waals surface area contributed by atoms with Crippen LogP contribution in [0.5, 0.6) is 11.5 Å². The second-order valence-corrected chi connectivity index (χ2v) is 9.06. The molecule has 1 aromatic heterocycles. The van der Waals surface area contributed by atoms with Gasteiger partial charge < -0.3 is 9.64 Å². The van der Waals surface area contributed by atoms with Crippen molar-refractivity contribution in [3.05, 3.63) is 76.6 Å². The predicted molar refractivity (Wildman–Crippen MR) is 131 cm³/mol. The van der Waals surface area contributed by atoms with Crippen LogP contribution in [0, 0.1) is 18.3 Å². The molecule has 1 aliphatic rings. The molecule has 2 aromatic carbocycles. The molecule has 0 atom stereocenters. The highest BCUT2D eigenvalue weighted by molar-refractivity contribution is 5.96. The fourth-order valence-corrected chi connectivity index (χ4v) is 4.28. The molecule has 1 aliphatic heterocycles. The van der Waals surface area contributed by atoms with Gasteiger partial charge in [-0.15, -0.1) is 0 Å². The molecule has 0 unspecified atom stereocenters. The summed E-state index contributed by atoms with van der Waals surface area (Å²) in [4.78, 5) is 17.6. The molecule has 1 fully saturated rings. The molecule has 3 aromatic rings. The van der Waals surface area contributed by atoms with Crippen molar-refractivity contribution >= 4 is 5.91 Å². The van der Waals surface area contributed by atoms with Gasteiger partial charge in [0.2, 0.25) is 0 Å². The second kappa shape index (κ2) is 10.5. The van der Waals surface area contributed by atoms with Gasteiger partial charge in [0.15, 0.2) is 0 Å². The highest BCUT2D eigenvalue weighted by atomic mass is 16.5. The van der Waals surface area contributed by atoms with Crippen LogP contribution in [-0.2, 0) is 6.54 Å². The number of aromatic nitrogens is 2. The molecule has 1 N–H and O–H groups in total. The summed E-state index contributed by atoms with van der Waals surface area (Å²) in [6.07, 6.45) is 0.944. The Labute approximate surface area is 201 Å². The second-order valence-electron chi connectivity index (χ2n) is 9.06. The SMILES string of the molecule is Cc1n[nH]c(C(C)C)c1C(=O)N1CCCN(Cc2ccc(Oc3ccc(C#N)cc3)cc2)CC1. The molecule has 1 saturated heterocycles. The minimum atomic E-state index is 0.0844. The average Bonchev–Trinajstić information content (AvgIpc) is 3.08. The van der Waals surface area contributed by atoms with Gasteiger partial charge >= 0.3 is 0 Å². The number of rotatable bonds is 6. The summed E-state index contributed by atoms with van der Waals surface area (Å²) in [5, 5.41) is 16.2. The van der Waals surface area contributed by atoms with Crippen molar-refractivity contribution in [2.24, 2.45) is 0 Å². The van der Waals surface area contributed by atoms with Gasteiger partial charge in [0.1, 0.15) is 11.5 Å². The van der Waals surface area contributed by atoms with Crippen LogP contribution in [-0.4, -0.2) is 52.1 Å². The number of nitrogens with zero attached hydrogens (tertiary/aromatic N) is 4. The van der Waals surface area contributed by atoms with Crippen molar-refractivity contribution in [1.29, 1.82) is 5.26 Å². The molecule has 176 valence electrons. The Morgan fingerprint density at radius 3 is 2.38 bits per heavy atom. The first-order valence-corrected chi connectivity index (χ1v) is 11.8. The molecule has 2 heterocycles. The fourth-order valence-electron chi connectivity index (χ4n) is 4.28. The Balaban J connectivity index is 1.34. The number of carbonyl (C=O) groups excluding carboxylic acids is 1. The third-order valence-corrected chi connectivity index (χ3v) is 6.19. The van der Waals surface area contributed by atoms with E-state index < -0.39 is 0 Å². The topological polar surface area (TPSA) is 85.2 Å². The van der Waals surface area contributed by atoms with Gasteiger partial charge in [-0.2, -0.15) is 10.4 Å². The zero-order chi connectivity index (χ0) is 24.1. The molecule has 0 spiro atoms. The van der Waals surface area contributed by atoms with E-state index in [0.717, 1.165) is 55.3 Å². The Bertz CT molecular complexity index is 1160. The number of amides is 1. The fraction of sp³-hybridized carbons (Fsp3) is 0.370. The third kappa shape index (κ3) is 5.46. The normalized spacial score (nSPS) is 14.6. The molecule has 0 bridgehead atoms. The van der Waals surface area contributed by atoms with E-state index in [0.29, 0.717) is 17.9 Å². The van der Waals surface area contributed by atoms with Gasteiger partial charge in [0, 0.05) is 32.7 Å². The van der Waals surface area contributed by atoms with E-state index in [1.807, 2.05) is 24.0 Å². The van der Waals surface area contributed by atoms with E-state index in [9.17, 15) is 4.79 Å². The van der Waals surface area contributed by atoms with Crippen LogP contribution < -0.4 is 4.74 Å². The van der Waals surface area contributed by atoms with Crippen LogP contribution in [0.1, 0.15) is 59.1 Å². The predicted octanol–water partition coefficient (Wildman–Crippen LogP) is 4.85. The van der Waals surface area contributed by atoms with Crippen molar-refractivity contribution in [2.75, 3.05) is 26.2 Å². The van der Waals surface area contributed by atoms with Crippen molar-refractivity contribution in [1.82, 2.24) is 20.0 Å². The summed E-state index contributed by atoms with van der Waals surface area (Å²) >= 11 is 0. The van der Waals surface area contributed by atoms with Gasteiger partial charge in [0.25, 0.3) is 5.91 Å². The highest BCUT2D eigenvalue weighted by Crippen LogP contribution is 2.24. The summed E-state index contributed by atoms with van der Waals surface area (Å²) in [5.41, 5.74) is 4.26. The van der Waals surface area contributed by atoms with Crippen molar-refractivity contribution in [2.45, 2.75) is 39.7 Å². The maximum absolute atomic E-state index is 13.3.